The van der Waals surface area contributed by atoms with Crippen molar-refractivity contribution in [3.05, 3.63) is 58.3 Å². The Morgan fingerprint density at radius 3 is 2.91 bits per heavy atom. The molecule has 0 bridgehead atoms. The van der Waals surface area contributed by atoms with E-state index in [0.29, 0.717) is 0 Å². The largest absolute Gasteiger partial charge is 0.497 e. The molecule has 1 fully saturated rings. The Kier molecular flexibility index (Phi) is 3.91. The summed E-state index contributed by atoms with van der Waals surface area (Å²) in [6, 6.07) is 11.5. The first-order valence-electron chi connectivity index (χ1n) is 7.20. The first-order chi connectivity index (χ1) is 10.7. The van der Waals surface area contributed by atoms with Crippen LogP contribution < -0.4 is 9.64 Å². The molecule has 1 aromatic heterocycles. The first kappa shape index (κ1) is 14.3. The summed E-state index contributed by atoms with van der Waals surface area (Å²) in [7, 11) is 1.66. The maximum Gasteiger partial charge on any atom is 0.287 e. The van der Waals surface area contributed by atoms with Gasteiger partial charge in [0.05, 0.1) is 18.1 Å². The number of methoxy groups -OCH3 is 1. The van der Waals surface area contributed by atoms with Gasteiger partial charge in [0, 0.05) is 12.6 Å². The van der Waals surface area contributed by atoms with Crippen LogP contribution >= 0.6 is 0 Å². The quantitative estimate of drug-likeness (QED) is 0.639. The van der Waals surface area contributed by atoms with Gasteiger partial charge in [-0.05, 0) is 36.6 Å². The van der Waals surface area contributed by atoms with Crippen LogP contribution in [0.4, 0.5) is 11.5 Å². The summed E-state index contributed by atoms with van der Waals surface area (Å²) in [6.45, 7) is 0.896. The van der Waals surface area contributed by atoms with Crippen molar-refractivity contribution in [2.24, 2.45) is 0 Å². The maximum atomic E-state index is 10.7. The van der Waals surface area contributed by atoms with Crippen molar-refractivity contribution < 1.29 is 9.66 Å². The number of hydrogen-bond acceptors (Lipinski definition) is 5. The van der Waals surface area contributed by atoms with Gasteiger partial charge in [-0.25, -0.2) is 4.98 Å². The normalized spacial score (nSPS) is 17.5. The van der Waals surface area contributed by atoms with Crippen LogP contribution in [-0.4, -0.2) is 23.6 Å². The van der Waals surface area contributed by atoms with Gasteiger partial charge < -0.3 is 9.64 Å². The Balaban J connectivity index is 1.87. The van der Waals surface area contributed by atoms with Crippen LogP contribution in [0.5, 0.6) is 5.75 Å². The van der Waals surface area contributed by atoms with E-state index in [4.69, 9.17) is 4.74 Å². The van der Waals surface area contributed by atoms with Crippen molar-refractivity contribution >= 4 is 11.5 Å². The highest BCUT2D eigenvalue weighted by atomic mass is 16.6. The Labute approximate surface area is 128 Å². The predicted octanol–water partition coefficient (Wildman–Crippen LogP) is 3.34. The molecule has 1 atom stereocenters. The molecule has 22 heavy (non-hydrogen) atoms. The average Bonchev–Trinajstić information content (AvgIpc) is 3.04. The first-order valence-corrected chi connectivity index (χ1v) is 7.20. The van der Waals surface area contributed by atoms with Crippen LogP contribution in [0.3, 0.4) is 0 Å². The van der Waals surface area contributed by atoms with E-state index in [1.807, 2.05) is 18.2 Å². The minimum Gasteiger partial charge on any atom is -0.497 e. The summed E-state index contributed by atoms with van der Waals surface area (Å²) in [5.41, 5.74) is 1.19. The Hall–Kier alpha value is -2.63. The highest BCUT2D eigenvalue weighted by molar-refractivity contribution is 5.47. The van der Waals surface area contributed by atoms with Crippen molar-refractivity contribution in [2.45, 2.75) is 18.9 Å². The number of pyridine rings is 1. The van der Waals surface area contributed by atoms with Gasteiger partial charge in [0.25, 0.3) is 5.69 Å². The average molecular weight is 299 g/mol. The zero-order valence-corrected chi connectivity index (χ0v) is 12.3. The molecule has 1 aromatic carbocycles. The molecule has 0 radical (unpaired) electrons. The van der Waals surface area contributed by atoms with Gasteiger partial charge in [0.15, 0.2) is 0 Å². The second-order valence-electron chi connectivity index (χ2n) is 5.26. The van der Waals surface area contributed by atoms with Gasteiger partial charge in [-0.15, -0.1) is 0 Å². The molecule has 1 aliphatic rings. The van der Waals surface area contributed by atoms with Gasteiger partial charge in [-0.1, -0.05) is 12.1 Å². The Morgan fingerprint density at radius 2 is 2.23 bits per heavy atom. The number of aromatic nitrogens is 1. The highest BCUT2D eigenvalue weighted by Crippen LogP contribution is 2.36. The van der Waals surface area contributed by atoms with Crippen molar-refractivity contribution in [3.63, 3.8) is 0 Å². The molecule has 0 unspecified atom stereocenters. The number of benzene rings is 1. The van der Waals surface area contributed by atoms with Crippen molar-refractivity contribution in [1.82, 2.24) is 4.98 Å². The second kappa shape index (κ2) is 6.01. The van der Waals surface area contributed by atoms with E-state index in [0.717, 1.165) is 31.0 Å². The van der Waals surface area contributed by atoms with E-state index in [1.165, 1.54) is 17.8 Å². The minimum absolute atomic E-state index is 0.0147. The summed E-state index contributed by atoms with van der Waals surface area (Å²) in [4.78, 5) is 16.7. The molecule has 0 amide bonds. The SMILES string of the molecule is COc1cccc([C@@H]2CCCN2c2ccc([N+](=O)[O-])cn2)c1. The minimum atomic E-state index is -0.430. The van der Waals surface area contributed by atoms with Crippen LogP contribution in [0.2, 0.25) is 0 Å². The summed E-state index contributed by atoms with van der Waals surface area (Å²) >= 11 is 0. The van der Waals surface area contributed by atoms with Gasteiger partial charge in [-0.2, -0.15) is 0 Å². The topological polar surface area (TPSA) is 68.5 Å². The number of ether oxygens (including phenoxy) is 1. The van der Waals surface area contributed by atoms with Crippen molar-refractivity contribution in [1.29, 1.82) is 0 Å². The molecule has 6 heteroatoms. The molecular formula is C16H17N3O3. The van der Waals surface area contributed by atoms with E-state index in [1.54, 1.807) is 13.2 Å². The van der Waals surface area contributed by atoms with Crippen LogP contribution in [0, 0.1) is 10.1 Å². The van der Waals surface area contributed by atoms with Crippen LogP contribution in [0.25, 0.3) is 0 Å². The van der Waals surface area contributed by atoms with Gasteiger partial charge >= 0.3 is 0 Å². The van der Waals surface area contributed by atoms with Gasteiger partial charge in [0.2, 0.25) is 0 Å². The van der Waals surface area contributed by atoms with Gasteiger partial charge in [-0.3, -0.25) is 10.1 Å². The lowest BCUT2D eigenvalue weighted by atomic mass is 10.0. The van der Waals surface area contributed by atoms with E-state index < -0.39 is 4.92 Å². The lowest BCUT2D eigenvalue weighted by Gasteiger charge is -2.26. The van der Waals surface area contributed by atoms with Crippen LogP contribution in [0.1, 0.15) is 24.4 Å². The molecule has 1 aliphatic heterocycles. The maximum absolute atomic E-state index is 10.7. The fraction of sp³-hybridized carbons (Fsp3) is 0.312. The van der Waals surface area contributed by atoms with E-state index >= 15 is 0 Å². The highest BCUT2D eigenvalue weighted by Gasteiger charge is 2.27. The molecular weight excluding hydrogens is 282 g/mol. The third kappa shape index (κ3) is 2.72. The molecule has 2 heterocycles. The number of rotatable bonds is 4. The number of nitro groups is 1. The molecule has 0 N–H and O–H groups in total. The Morgan fingerprint density at radius 1 is 1.36 bits per heavy atom. The smallest absolute Gasteiger partial charge is 0.287 e. The number of nitrogens with zero attached hydrogens (tertiary/aromatic N) is 3. The molecule has 1 saturated heterocycles. The Bertz CT molecular complexity index is 673. The lowest BCUT2D eigenvalue weighted by Crippen LogP contribution is -2.23. The second-order valence-corrected chi connectivity index (χ2v) is 5.26. The zero-order valence-electron chi connectivity index (χ0n) is 12.3. The van der Waals surface area contributed by atoms with E-state index in [-0.39, 0.29) is 11.7 Å². The van der Waals surface area contributed by atoms with Gasteiger partial charge in [0.1, 0.15) is 17.8 Å². The summed E-state index contributed by atoms with van der Waals surface area (Å²) in [5, 5.41) is 10.7. The fourth-order valence-electron chi connectivity index (χ4n) is 2.89. The van der Waals surface area contributed by atoms with Crippen molar-refractivity contribution in [3.8, 4) is 5.75 Å². The standard InChI is InChI=1S/C16H17N3O3/c1-22-14-5-2-4-12(10-14)15-6-3-9-18(15)16-8-7-13(11-17-16)19(20)21/h2,4-5,7-8,10-11,15H,3,6,9H2,1H3/t15-/m0/s1. The predicted molar refractivity (Wildman–Crippen MR) is 83.2 cm³/mol. The summed E-state index contributed by atoms with van der Waals surface area (Å²) < 4.78 is 5.29. The molecule has 0 aliphatic carbocycles. The van der Waals surface area contributed by atoms with Crippen molar-refractivity contribution in [2.75, 3.05) is 18.6 Å². The monoisotopic (exact) mass is 299 g/mol. The lowest BCUT2D eigenvalue weighted by molar-refractivity contribution is -0.385. The summed E-state index contributed by atoms with van der Waals surface area (Å²) in [5.74, 6) is 1.61. The molecule has 2 aromatic rings. The molecule has 0 spiro atoms. The third-order valence-electron chi connectivity index (χ3n) is 3.97. The van der Waals surface area contributed by atoms with E-state index in [2.05, 4.69) is 16.0 Å². The van der Waals surface area contributed by atoms with Crippen LogP contribution in [0.15, 0.2) is 42.6 Å². The third-order valence-corrected chi connectivity index (χ3v) is 3.97. The number of hydrogen-bond donors (Lipinski definition) is 0. The van der Waals surface area contributed by atoms with Crippen LogP contribution in [-0.2, 0) is 0 Å². The molecule has 114 valence electrons. The van der Waals surface area contributed by atoms with E-state index in [9.17, 15) is 10.1 Å². The fourth-order valence-corrected chi connectivity index (χ4v) is 2.89. The number of anilines is 1. The molecule has 6 nitrogen and oxygen atoms in total. The molecule has 0 saturated carbocycles. The molecule has 3 rings (SSSR count). The zero-order chi connectivity index (χ0) is 15.5. The summed E-state index contributed by atoms with van der Waals surface area (Å²) in [6.07, 6.45) is 3.42.